The Morgan fingerprint density at radius 3 is 2.52 bits per heavy atom. The maximum atomic E-state index is 12.1. The first-order valence-corrected chi connectivity index (χ1v) is 9.10. The number of hydrogen-bond donors (Lipinski definition) is 3. The first-order chi connectivity index (χ1) is 13.0. The Kier molecular flexibility index (Phi) is 4.32. The minimum Gasteiger partial charge on any atom is -0.398 e. The van der Waals surface area contributed by atoms with Crippen LogP contribution in [-0.2, 0) is 19.4 Å². The second-order valence-electron chi connectivity index (χ2n) is 7.07. The molecule has 4 rings (SSSR count). The minimum absolute atomic E-state index is 0.124. The molecule has 0 saturated heterocycles. The number of anilines is 2. The van der Waals surface area contributed by atoms with Crippen molar-refractivity contribution in [3.63, 3.8) is 0 Å². The zero-order valence-electron chi connectivity index (χ0n) is 15.1. The first-order valence-electron chi connectivity index (χ1n) is 9.10. The first kappa shape index (κ1) is 17.1. The van der Waals surface area contributed by atoms with Crippen LogP contribution in [0.15, 0.2) is 48.5 Å². The van der Waals surface area contributed by atoms with Gasteiger partial charge < -0.3 is 17.2 Å². The van der Waals surface area contributed by atoms with E-state index in [2.05, 4.69) is 18.2 Å². The summed E-state index contributed by atoms with van der Waals surface area (Å²) in [6, 6.07) is 16.0. The summed E-state index contributed by atoms with van der Waals surface area (Å²) in [5.74, 6) is -0.104. The number of nitrogen functional groups attached to an aromatic ring is 2. The molecule has 6 N–H and O–H groups in total. The zero-order chi connectivity index (χ0) is 19.0. The second-order valence-corrected chi connectivity index (χ2v) is 7.07. The van der Waals surface area contributed by atoms with Crippen LogP contribution >= 0.6 is 0 Å². The predicted molar refractivity (Wildman–Crippen MR) is 106 cm³/mol. The molecule has 6 heteroatoms. The van der Waals surface area contributed by atoms with Crippen molar-refractivity contribution in [2.45, 2.75) is 31.7 Å². The van der Waals surface area contributed by atoms with Gasteiger partial charge in [0.05, 0.1) is 12.2 Å². The molecule has 0 aliphatic heterocycles. The van der Waals surface area contributed by atoms with Crippen LogP contribution in [0.2, 0.25) is 0 Å². The zero-order valence-corrected chi connectivity index (χ0v) is 15.1. The van der Waals surface area contributed by atoms with Gasteiger partial charge in [0.15, 0.2) is 0 Å². The molecule has 1 unspecified atom stereocenters. The molecule has 6 nitrogen and oxygen atoms in total. The summed E-state index contributed by atoms with van der Waals surface area (Å²) < 4.78 is 1.64. The molecule has 1 atom stereocenters. The van der Waals surface area contributed by atoms with E-state index < -0.39 is 5.91 Å². The van der Waals surface area contributed by atoms with Crippen LogP contribution < -0.4 is 17.2 Å². The van der Waals surface area contributed by atoms with E-state index in [1.165, 1.54) is 11.1 Å². The lowest BCUT2D eigenvalue weighted by atomic mass is 9.81. The number of fused-ring (bicyclic) bond motifs is 1. The van der Waals surface area contributed by atoms with Gasteiger partial charge in [-0.05, 0) is 42.0 Å². The van der Waals surface area contributed by atoms with Gasteiger partial charge in [-0.25, -0.2) is 4.68 Å². The van der Waals surface area contributed by atoms with E-state index in [4.69, 9.17) is 22.3 Å². The quantitative estimate of drug-likeness (QED) is 0.619. The summed E-state index contributed by atoms with van der Waals surface area (Å²) in [4.78, 5) is 12.1. The van der Waals surface area contributed by atoms with Gasteiger partial charge in [0.25, 0.3) is 5.91 Å². The van der Waals surface area contributed by atoms with Crippen molar-refractivity contribution in [1.82, 2.24) is 9.78 Å². The highest BCUT2D eigenvalue weighted by molar-refractivity contribution is 5.98. The highest BCUT2D eigenvalue weighted by Gasteiger charge is 2.29. The SMILES string of the molecule is NC(=O)c1c(C2CCc3ccccc3C2)nn(Cc2ccccc2N)c1N. The standard InChI is InChI=1S/C21H23N5O/c22-17-8-4-3-7-16(17)12-26-20(23)18(21(24)27)19(25-26)15-10-9-13-5-1-2-6-14(13)11-15/h1-8,15H,9-12,22-23H2,(H2,24,27). The van der Waals surface area contributed by atoms with Crippen LogP contribution in [0.25, 0.3) is 0 Å². The lowest BCUT2D eigenvalue weighted by Gasteiger charge is -2.23. The van der Waals surface area contributed by atoms with Crippen LogP contribution in [0.1, 0.15) is 45.1 Å². The summed E-state index contributed by atoms with van der Waals surface area (Å²) in [7, 11) is 0. The van der Waals surface area contributed by atoms with Crippen molar-refractivity contribution in [1.29, 1.82) is 0 Å². The molecular formula is C21H23N5O. The van der Waals surface area contributed by atoms with E-state index in [1.54, 1.807) is 4.68 Å². The Labute approximate surface area is 158 Å². The lowest BCUT2D eigenvalue weighted by Crippen LogP contribution is -2.19. The fourth-order valence-electron chi connectivity index (χ4n) is 3.92. The summed E-state index contributed by atoms with van der Waals surface area (Å²) in [5.41, 5.74) is 23.2. The molecule has 138 valence electrons. The summed E-state index contributed by atoms with van der Waals surface area (Å²) >= 11 is 0. The Hall–Kier alpha value is -3.28. The van der Waals surface area contributed by atoms with Gasteiger partial charge in [-0.15, -0.1) is 0 Å². The lowest BCUT2D eigenvalue weighted by molar-refractivity contribution is 0.0999. The molecular weight excluding hydrogens is 338 g/mol. The van der Waals surface area contributed by atoms with Crippen LogP contribution in [-0.4, -0.2) is 15.7 Å². The Morgan fingerprint density at radius 2 is 1.78 bits per heavy atom. The van der Waals surface area contributed by atoms with Gasteiger partial charge in [-0.3, -0.25) is 4.79 Å². The Morgan fingerprint density at radius 1 is 1.07 bits per heavy atom. The number of primary amides is 1. The minimum atomic E-state index is -0.534. The number of nitrogens with zero attached hydrogens (tertiary/aromatic N) is 2. The number of carbonyl (C=O) groups excluding carboxylic acids is 1. The highest BCUT2D eigenvalue weighted by atomic mass is 16.1. The van der Waals surface area contributed by atoms with Crippen molar-refractivity contribution >= 4 is 17.4 Å². The second kappa shape index (κ2) is 6.79. The average Bonchev–Trinajstić information content (AvgIpc) is 3.00. The largest absolute Gasteiger partial charge is 0.398 e. The Balaban J connectivity index is 1.71. The number of benzene rings is 2. The number of aromatic nitrogens is 2. The number of hydrogen-bond acceptors (Lipinski definition) is 4. The van der Waals surface area contributed by atoms with E-state index in [-0.39, 0.29) is 5.92 Å². The molecule has 1 amide bonds. The van der Waals surface area contributed by atoms with E-state index in [1.807, 2.05) is 30.3 Å². The monoisotopic (exact) mass is 361 g/mol. The van der Waals surface area contributed by atoms with Gasteiger partial charge in [-0.1, -0.05) is 42.5 Å². The molecule has 0 fully saturated rings. The fourth-order valence-corrected chi connectivity index (χ4v) is 3.92. The van der Waals surface area contributed by atoms with Gasteiger partial charge in [0.1, 0.15) is 11.4 Å². The topological polar surface area (TPSA) is 113 Å². The summed E-state index contributed by atoms with van der Waals surface area (Å²) in [6.45, 7) is 0.405. The maximum Gasteiger partial charge on any atom is 0.254 e. The van der Waals surface area contributed by atoms with Crippen LogP contribution in [0.4, 0.5) is 11.5 Å². The van der Waals surface area contributed by atoms with Crippen molar-refractivity contribution in [3.05, 3.63) is 76.5 Å². The van der Waals surface area contributed by atoms with Gasteiger partial charge in [0, 0.05) is 11.6 Å². The summed E-state index contributed by atoms with van der Waals surface area (Å²) in [5, 5.41) is 4.70. The number of nitrogens with two attached hydrogens (primary N) is 3. The average molecular weight is 361 g/mol. The molecule has 0 radical (unpaired) electrons. The third kappa shape index (κ3) is 3.14. The molecule has 3 aromatic rings. The molecule has 0 spiro atoms. The van der Waals surface area contributed by atoms with Gasteiger partial charge >= 0.3 is 0 Å². The third-order valence-corrected chi connectivity index (χ3v) is 5.37. The van der Waals surface area contributed by atoms with Gasteiger partial charge in [0.2, 0.25) is 0 Å². The highest BCUT2D eigenvalue weighted by Crippen LogP contribution is 2.35. The number of para-hydroxylation sites is 1. The van der Waals surface area contributed by atoms with E-state index in [9.17, 15) is 4.79 Å². The number of amides is 1. The molecule has 2 aromatic carbocycles. The van der Waals surface area contributed by atoms with Crippen molar-refractivity contribution in [2.24, 2.45) is 5.73 Å². The van der Waals surface area contributed by atoms with Crippen LogP contribution in [0.5, 0.6) is 0 Å². The molecule has 1 aliphatic rings. The summed E-state index contributed by atoms with van der Waals surface area (Å²) in [6.07, 6.45) is 2.71. The van der Waals surface area contributed by atoms with Crippen molar-refractivity contribution in [2.75, 3.05) is 11.5 Å². The number of carbonyl (C=O) groups is 1. The molecule has 0 bridgehead atoms. The Bertz CT molecular complexity index is 1010. The molecule has 1 aromatic heterocycles. The van der Waals surface area contributed by atoms with Gasteiger partial charge in [-0.2, -0.15) is 5.10 Å². The van der Waals surface area contributed by atoms with Crippen molar-refractivity contribution < 1.29 is 4.79 Å². The number of aryl methyl sites for hydroxylation is 1. The molecule has 0 saturated carbocycles. The van der Waals surface area contributed by atoms with E-state index in [0.29, 0.717) is 29.3 Å². The molecule has 1 aliphatic carbocycles. The maximum absolute atomic E-state index is 12.1. The van der Waals surface area contributed by atoms with Crippen LogP contribution in [0, 0.1) is 0 Å². The van der Waals surface area contributed by atoms with Crippen molar-refractivity contribution in [3.8, 4) is 0 Å². The molecule has 1 heterocycles. The van der Waals surface area contributed by atoms with E-state index >= 15 is 0 Å². The fraction of sp³-hybridized carbons (Fsp3) is 0.238. The van der Waals surface area contributed by atoms with E-state index in [0.717, 1.165) is 24.8 Å². The third-order valence-electron chi connectivity index (χ3n) is 5.37. The normalized spacial score (nSPS) is 16.1. The smallest absolute Gasteiger partial charge is 0.254 e. The predicted octanol–water partition coefficient (Wildman–Crippen LogP) is 2.47. The molecule has 27 heavy (non-hydrogen) atoms. The van der Waals surface area contributed by atoms with Crippen LogP contribution in [0.3, 0.4) is 0 Å². The number of rotatable bonds is 4.